The van der Waals surface area contributed by atoms with E-state index < -0.39 is 9.84 Å². The number of benzene rings is 1. The van der Waals surface area contributed by atoms with E-state index >= 15 is 0 Å². The second-order valence-electron chi connectivity index (χ2n) is 4.58. The number of hydrogen-bond donors (Lipinski definition) is 1. The lowest BCUT2D eigenvalue weighted by molar-refractivity contribution is 0.583. The van der Waals surface area contributed by atoms with Crippen molar-refractivity contribution < 1.29 is 8.42 Å². The molecule has 0 amide bonds. The molecular formula is C14H22BrNO2S. The molecule has 1 aromatic carbocycles. The molecule has 0 heterocycles. The molecule has 0 aliphatic heterocycles. The molecule has 0 fully saturated rings. The van der Waals surface area contributed by atoms with E-state index in [0.29, 0.717) is 11.4 Å². The van der Waals surface area contributed by atoms with Crippen molar-refractivity contribution in [3.63, 3.8) is 0 Å². The molecule has 19 heavy (non-hydrogen) atoms. The van der Waals surface area contributed by atoms with Crippen LogP contribution in [-0.2, 0) is 9.84 Å². The van der Waals surface area contributed by atoms with Crippen molar-refractivity contribution in [2.45, 2.75) is 37.5 Å². The Morgan fingerprint density at radius 1 is 1.05 bits per heavy atom. The quantitative estimate of drug-likeness (QED) is 0.696. The predicted octanol–water partition coefficient (Wildman–Crippen LogP) is 3.39. The summed E-state index contributed by atoms with van der Waals surface area (Å²) in [6.07, 6.45) is 4.80. The molecule has 0 aromatic heterocycles. The summed E-state index contributed by atoms with van der Waals surface area (Å²) in [5.74, 6) is 0.155. The summed E-state index contributed by atoms with van der Waals surface area (Å²) < 4.78 is 24.9. The minimum atomic E-state index is -3.16. The minimum Gasteiger partial charge on any atom is -0.316 e. The maximum absolute atomic E-state index is 12.0. The Morgan fingerprint density at radius 2 is 1.74 bits per heavy atom. The first-order valence-corrected chi connectivity index (χ1v) is 9.20. The van der Waals surface area contributed by atoms with Gasteiger partial charge in [0.1, 0.15) is 0 Å². The molecule has 0 saturated carbocycles. The van der Waals surface area contributed by atoms with Gasteiger partial charge in [-0.3, -0.25) is 0 Å². The maximum Gasteiger partial charge on any atom is 0.179 e. The highest BCUT2D eigenvalue weighted by molar-refractivity contribution is 9.10. The number of sulfone groups is 1. The van der Waals surface area contributed by atoms with E-state index in [4.69, 9.17) is 0 Å². The number of hydrogen-bond acceptors (Lipinski definition) is 3. The lowest BCUT2D eigenvalue weighted by Crippen LogP contribution is -2.24. The summed E-state index contributed by atoms with van der Waals surface area (Å²) in [5.41, 5.74) is 0. The molecule has 1 rings (SSSR count). The Kier molecular flexibility index (Phi) is 7.64. The molecular weight excluding hydrogens is 326 g/mol. The molecule has 108 valence electrons. The van der Waals surface area contributed by atoms with Gasteiger partial charge in [0.15, 0.2) is 9.84 Å². The third-order valence-corrected chi connectivity index (χ3v) is 5.19. The average molecular weight is 348 g/mol. The summed E-state index contributed by atoms with van der Waals surface area (Å²) in [6.45, 7) is 3.60. The summed E-state index contributed by atoms with van der Waals surface area (Å²) in [7, 11) is -3.16. The van der Waals surface area contributed by atoms with Gasteiger partial charge in [-0.1, -0.05) is 42.1 Å². The molecule has 0 spiro atoms. The third-order valence-electron chi connectivity index (χ3n) is 2.93. The van der Waals surface area contributed by atoms with Crippen LogP contribution in [0.1, 0.15) is 32.6 Å². The van der Waals surface area contributed by atoms with E-state index in [9.17, 15) is 8.42 Å². The lowest BCUT2D eigenvalue weighted by atomic mass is 10.2. The van der Waals surface area contributed by atoms with Crippen LogP contribution in [0.3, 0.4) is 0 Å². The molecule has 0 unspecified atom stereocenters. The standard InChI is InChI=1S/C14H22BrNO2S/c1-2-3-4-5-10-16-11-12-19(17,18)14-8-6-13(15)7-9-14/h6-9,16H,2-5,10-12H2,1H3. The van der Waals surface area contributed by atoms with Gasteiger partial charge < -0.3 is 5.32 Å². The minimum absolute atomic E-state index is 0.155. The van der Waals surface area contributed by atoms with Crippen LogP contribution in [0.15, 0.2) is 33.6 Å². The molecule has 0 atom stereocenters. The predicted molar refractivity (Wildman–Crippen MR) is 83.2 cm³/mol. The van der Waals surface area contributed by atoms with Crippen LogP contribution < -0.4 is 5.32 Å². The Labute approximate surface area is 124 Å². The van der Waals surface area contributed by atoms with E-state index in [1.54, 1.807) is 24.3 Å². The van der Waals surface area contributed by atoms with Crippen LogP contribution in [-0.4, -0.2) is 27.3 Å². The van der Waals surface area contributed by atoms with Crippen molar-refractivity contribution in [1.29, 1.82) is 0 Å². The molecule has 0 radical (unpaired) electrons. The van der Waals surface area contributed by atoms with Crippen molar-refractivity contribution >= 4 is 25.8 Å². The second kappa shape index (κ2) is 8.72. The van der Waals surface area contributed by atoms with E-state index in [1.807, 2.05) is 0 Å². The molecule has 5 heteroatoms. The summed E-state index contributed by atoms with van der Waals surface area (Å²) in [4.78, 5) is 0.392. The fourth-order valence-corrected chi connectivity index (χ4v) is 3.23. The Bertz CT molecular complexity index is 457. The van der Waals surface area contributed by atoms with Gasteiger partial charge in [-0.05, 0) is 37.2 Å². The van der Waals surface area contributed by atoms with Crippen molar-refractivity contribution in [2.75, 3.05) is 18.8 Å². The topological polar surface area (TPSA) is 46.2 Å². The average Bonchev–Trinajstić information content (AvgIpc) is 2.38. The first kappa shape index (κ1) is 16.7. The summed E-state index contributed by atoms with van der Waals surface area (Å²) in [6, 6.07) is 6.79. The fourth-order valence-electron chi connectivity index (χ4n) is 1.77. The molecule has 1 aromatic rings. The van der Waals surface area contributed by atoms with E-state index in [1.165, 1.54) is 19.3 Å². The highest BCUT2D eigenvalue weighted by atomic mass is 79.9. The van der Waals surface area contributed by atoms with Gasteiger partial charge in [-0.15, -0.1) is 0 Å². The zero-order valence-corrected chi connectivity index (χ0v) is 13.8. The van der Waals surface area contributed by atoms with Gasteiger partial charge in [0, 0.05) is 11.0 Å². The second-order valence-corrected chi connectivity index (χ2v) is 7.61. The first-order valence-electron chi connectivity index (χ1n) is 6.75. The first-order chi connectivity index (χ1) is 9.06. The van der Waals surface area contributed by atoms with Crippen LogP contribution in [0.5, 0.6) is 0 Å². The lowest BCUT2D eigenvalue weighted by Gasteiger charge is -2.06. The molecule has 0 bridgehead atoms. The largest absolute Gasteiger partial charge is 0.316 e. The van der Waals surface area contributed by atoms with Crippen LogP contribution in [0.4, 0.5) is 0 Å². The van der Waals surface area contributed by atoms with E-state index in [-0.39, 0.29) is 5.75 Å². The normalized spacial score (nSPS) is 11.7. The maximum atomic E-state index is 12.0. The van der Waals surface area contributed by atoms with Crippen molar-refractivity contribution in [2.24, 2.45) is 0 Å². The van der Waals surface area contributed by atoms with Gasteiger partial charge in [-0.25, -0.2) is 8.42 Å². The van der Waals surface area contributed by atoms with E-state index in [2.05, 4.69) is 28.2 Å². The highest BCUT2D eigenvalue weighted by Crippen LogP contribution is 2.15. The summed E-state index contributed by atoms with van der Waals surface area (Å²) >= 11 is 3.30. The zero-order valence-electron chi connectivity index (χ0n) is 11.4. The van der Waals surface area contributed by atoms with Gasteiger partial charge in [0.25, 0.3) is 0 Å². The van der Waals surface area contributed by atoms with Gasteiger partial charge in [0.2, 0.25) is 0 Å². The van der Waals surface area contributed by atoms with Crippen LogP contribution >= 0.6 is 15.9 Å². The Hall–Kier alpha value is -0.390. The number of rotatable bonds is 9. The number of nitrogens with one attached hydrogen (secondary N) is 1. The Morgan fingerprint density at radius 3 is 2.37 bits per heavy atom. The van der Waals surface area contributed by atoms with E-state index in [0.717, 1.165) is 17.4 Å². The molecule has 1 N–H and O–H groups in total. The molecule has 3 nitrogen and oxygen atoms in total. The van der Waals surface area contributed by atoms with Gasteiger partial charge >= 0.3 is 0 Å². The molecule has 0 saturated heterocycles. The van der Waals surface area contributed by atoms with Crippen molar-refractivity contribution in [3.05, 3.63) is 28.7 Å². The van der Waals surface area contributed by atoms with Crippen molar-refractivity contribution in [3.8, 4) is 0 Å². The summed E-state index contributed by atoms with van der Waals surface area (Å²) in [5, 5.41) is 3.19. The fraction of sp³-hybridized carbons (Fsp3) is 0.571. The zero-order chi connectivity index (χ0) is 14.1. The third kappa shape index (κ3) is 6.54. The van der Waals surface area contributed by atoms with Crippen molar-refractivity contribution in [1.82, 2.24) is 5.32 Å². The monoisotopic (exact) mass is 347 g/mol. The number of halogens is 1. The Balaban J connectivity index is 2.29. The highest BCUT2D eigenvalue weighted by Gasteiger charge is 2.13. The van der Waals surface area contributed by atoms with Crippen LogP contribution in [0.25, 0.3) is 0 Å². The van der Waals surface area contributed by atoms with Gasteiger partial charge in [0.05, 0.1) is 10.6 Å². The number of unbranched alkanes of at least 4 members (excludes halogenated alkanes) is 3. The van der Waals surface area contributed by atoms with Gasteiger partial charge in [-0.2, -0.15) is 0 Å². The molecule has 0 aliphatic rings. The SMILES string of the molecule is CCCCCCNCCS(=O)(=O)c1ccc(Br)cc1. The smallest absolute Gasteiger partial charge is 0.179 e. The van der Waals surface area contributed by atoms with Crippen LogP contribution in [0.2, 0.25) is 0 Å². The van der Waals surface area contributed by atoms with Crippen LogP contribution in [0, 0.1) is 0 Å². The molecule has 0 aliphatic carbocycles.